The predicted molar refractivity (Wildman–Crippen MR) is 62.6 cm³/mol. The van der Waals surface area contributed by atoms with E-state index < -0.39 is 0 Å². The first kappa shape index (κ1) is 13.2. The average Bonchev–Trinajstić information content (AvgIpc) is 2.30. The van der Waals surface area contributed by atoms with E-state index in [4.69, 9.17) is 21.1 Å². The molecule has 15 heavy (non-hydrogen) atoms. The van der Waals surface area contributed by atoms with Crippen LogP contribution in [-0.2, 0) is 9.47 Å². The zero-order valence-corrected chi connectivity index (χ0v) is 10.3. The minimum Gasteiger partial charge on any atom is -0.382 e. The van der Waals surface area contributed by atoms with E-state index in [9.17, 15) is 0 Å². The van der Waals surface area contributed by atoms with Crippen LogP contribution in [0.3, 0.4) is 0 Å². The molecule has 4 heteroatoms. The van der Waals surface area contributed by atoms with Gasteiger partial charge in [-0.15, -0.1) is 11.6 Å². The van der Waals surface area contributed by atoms with Gasteiger partial charge in [-0.25, -0.2) is 0 Å². The number of nitrogens with one attached hydrogen (secondary N) is 1. The molecule has 1 rings (SSSR count). The summed E-state index contributed by atoms with van der Waals surface area (Å²) in [6, 6.07) is 0. The van der Waals surface area contributed by atoms with Crippen molar-refractivity contribution < 1.29 is 9.47 Å². The second-order valence-corrected chi connectivity index (χ2v) is 4.27. The van der Waals surface area contributed by atoms with Crippen LogP contribution in [-0.4, -0.2) is 44.4 Å². The van der Waals surface area contributed by atoms with Crippen molar-refractivity contribution in [2.24, 2.45) is 0 Å². The fraction of sp³-hybridized carbons (Fsp3) is 1.00. The average molecular weight is 236 g/mol. The summed E-state index contributed by atoms with van der Waals surface area (Å²) in [4.78, 5) is 0. The third kappa shape index (κ3) is 4.68. The van der Waals surface area contributed by atoms with Gasteiger partial charge in [-0.3, -0.25) is 0 Å². The van der Waals surface area contributed by atoms with Crippen LogP contribution in [0.1, 0.15) is 26.2 Å². The summed E-state index contributed by atoms with van der Waals surface area (Å²) in [5, 5.41) is 3.55. The molecule has 1 fully saturated rings. The molecule has 0 spiro atoms. The molecule has 0 radical (unpaired) electrons. The van der Waals surface area contributed by atoms with Crippen LogP contribution in [0.2, 0.25) is 0 Å². The molecule has 1 aliphatic rings. The first-order chi connectivity index (χ1) is 7.33. The lowest BCUT2D eigenvalue weighted by atomic mass is 9.92. The van der Waals surface area contributed by atoms with E-state index in [-0.39, 0.29) is 5.54 Å². The normalized spacial score (nSPS) is 20.4. The maximum Gasteiger partial charge on any atom is 0.0484 e. The first-order valence-electron chi connectivity index (χ1n) is 5.79. The van der Waals surface area contributed by atoms with Crippen molar-refractivity contribution in [3.63, 3.8) is 0 Å². The van der Waals surface area contributed by atoms with Crippen molar-refractivity contribution in [2.75, 3.05) is 38.9 Å². The van der Waals surface area contributed by atoms with E-state index in [0.717, 1.165) is 52.2 Å². The number of alkyl halides is 1. The lowest BCUT2D eigenvalue weighted by Gasteiger charge is -2.36. The Kier molecular flexibility index (Phi) is 6.57. The van der Waals surface area contributed by atoms with Gasteiger partial charge in [0, 0.05) is 37.8 Å². The van der Waals surface area contributed by atoms with E-state index in [1.807, 2.05) is 6.92 Å². The summed E-state index contributed by atoms with van der Waals surface area (Å²) in [6.45, 7) is 6.28. The van der Waals surface area contributed by atoms with Crippen LogP contribution < -0.4 is 5.32 Å². The molecule has 1 saturated heterocycles. The molecule has 1 N–H and O–H groups in total. The number of ether oxygens (including phenoxy) is 2. The SMILES string of the molecule is CCOCCCNC1(CCl)CCOCC1. The van der Waals surface area contributed by atoms with Crippen molar-refractivity contribution in [3.8, 4) is 0 Å². The molecule has 0 aliphatic carbocycles. The molecule has 0 aromatic heterocycles. The van der Waals surface area contributed by atoms with Crippen molar-refractivity contribution in [1.82, 2.24) is 5.32 Å². The summed E-state index contributed by atoms with van der Waals surface area (Å²) in [5.74, 6) is 0.672. The van der Waals surface area contributed by atoms with E-state index in [0.29, 0.717) is 5.88 Å². The van der Waals surface area contributed by atoms with Crippen LogP contribution >= 0.6 is 11.6 Å². The highest BCUT2D eigenvalue weighted by Gasteiger charge is 2.30. The maximum absolute atomic E-state index is 6.03. The molecule has 0 amide bonds. The summed E-state index contributed by atoms with van der Waals surface area (Å²) >= 11 is 6.03. The Morgan fingerprint density at radius 3 is 2.73 bits per heavy atom. The van der Waals surface area contributed by atoms with Gasteiger partial charge in [0.2, 0.25) is 0 Å². The number of hydrogen-bond donors (Lipinski definition) is 1. The Labute approximate surface area is 97.5 Å². The topological polar surface area (TPSA) is 30.5 Å². The lowest BCUT2D eigenvalue weighted by molar-refractivity contribution is 0.0454. The number of hydrogen-bond acceptors (Lipinski definition) is 3. The van der Waals surface area contributed by atoms with Crippen molar-refractivity contribution in [3.05, 3.63) is 0 Å². The zero-order valence-electron chi connectivity index (χ0n) is 9.56. The van der Waals surface area contributed by atoms with Crippen molar-refractivity contribution >= 4 is 11.6 Å². The summed E-state index contributed by atoms with van der Waals surface area (Å²) in [5.41, 5.74) is 0.103. The van der Waals surface area contributed by atoms with E-state index in [2.05, 4.69) is 5.32 Å². The van der Waals surface area contributed by atoms with Gasteiger partial charge in [0.25, 0.3) is 0 Å². The minimum atomic E-state index is 0.103. The van der Waals surface area contributed by atoms with Gasteiger partial charge >= 0.3 is 0 Å². The molecule has 0 bridgehead atoms. The predicted octanol–water partition coefficient (Wildman–Crippen LogP) is 1.79. The van der Waals surface area contributed by atoms with Crippen molar-refractivity contribution in [1.29, 1.82) is 0 Å². The molecular formula is C11H22ClNO2. The molecule has 3 nitrogen and oxygen atoms in total. The van der Waals surface area contributed by atoms with Gasteiger partial charge in [0.1, 0.15) is 0 Å². The van der Waals surface area contributed by atoms with Crippen LogP contribution in [0, 0.1) is 0 Å². The number of halogens is 1. The van der Waals surface area contributed by atoms with E-state index >= 15 is 0 Å². The molecular weight excluding hydrogens is 214 g/mol. The largest absolute Gasteiger partial charge is 0.382 e. The Hall–Kier alpha value is 0.170. The molecule has 1 heterocycles. The molecule has 0 aromatic rings. The van der Waals surface area contributed by atoms with E-state index in [1.54, 1.807) is 0 Å². The van der Waals surface area contributed by atoms with Gasteiger partial charge in [-0.2, -0.15) is 0 Å². The van der Waals surface area contributed by atoms with Gasteiger partial charge in [-0.05, 0) is 32.7 Å². The van der Waals surface area contributed by atoms with Crippen LogP contribution in [0.4, 0.5) is 0 Å². The Bertz CT molecular complexity index is 161. The highest BCUT2D eigenvalue weighted by molar-refractivity contribution is 6.18. The molecule has 1 aliphatic heterocycles. The van der Waals surface area contributed by atoms with Crippen molar-refractivity contribution in [2.45, 2.75) is 31.7 Å². The first-order valence-corrected chi connectivity index (χ1v) is 6.33. The molecule has 0 unspecified atom stereocenters. The Balaban J connectivity index is 2.15. The second-order valence-electron chi connectivity index (χ2n) is 4.00. The number of rotatable bonds is 7. The van der Waals surface area contributed by atoms with Crippen LogP contribution in [0.15, 0.2) is 0 Å². The molecule has 0 atom stereocenters. The highest BCUT2D eigenvalue weighted by Crippen LogP contribution is 2.21. The third-order valence-corrected chi connectivity index (χ3v) is 3.39. The fourth-order valence-electron chi connectivity index (χ4n) is 1.79. The second kappa shape index (κ2) is 7.44. The van der Waals surface area contributed by atoms with E-state index in [1.165, 1.54) is 0 Å². The molecule has 90 valence electrons. The quantitative estimate of drug-likeness (QED) is 0.539. The molecule has 0 aromatic carbocycles. The Morgan fingerprint density at radius 1 is 1.40 bits per heavy atom. The van der Waals surface area contributed by atoms with Crippen LogP contribution in [0.25, 0.3) is 0 Å². The minimum absolute atomic E-state index is 0.103. The fourth-order valence-corrected chi connectivity index (χ4v) is 2.15. The Morgan fingerprint density at radius 2 is 2.13 bits per heavy atom. The third-order valence-electron chi connectivity index (χ3n) is 2.88. The monoisotopic (exact) mass is 235 g/mol. The lowest BCUT2D eigenvalue weighted by Crippen LogP contribution is -2.51. The summed E-state index contributed by atoms with van der Waals surface area (Å²) < 4.78 is 10.6. The standard InChI is InChI=1S/C11H22ClNO2/c1-2-14-7-3-6-13-11(10-12)4-8-15-9-5-11/h13H,2-10H2,1H3. The highest BCUT2D eigenvalue weighted by atomic mass is 35.5. The van der Waals surface area contributed by atoms with Gasteiger partial charge in [-0.1, -0.05) is 0 Å². The molecule has 0 saturated carbocycles. The van der Waals surface area contributed by atoms with Gasteiger partial charge in [0.15, 0.2) is 0 Å². The summed E-state index contributed by atoms with van der Waals surface area (Å²) in [7, 11) is 0. The zero-order chi connectivity index (χ0) is 11.0. The maximum atomic E-state index is 6.03. The smallest absolute Gasteiger partial charge is 0.0484 e. The summed E-state index contributed by atoms with van der Waals surface area (Å²) in [6.07, 6.45) is 3.09. The van der Waals surface area contributed by atoms with Gasteiger partial charge in [0.05, 0.1) is 0 Å². The van der Waals surface area contributed by atoms with Gasteiger partial charge < -0.3 is 14.8 Å². The van der Waals surface area contributed by atoms with Crippen LogP contribution in [0.5, 0.6) is 0 Å².